The van der Waals surface area contributed by atoms with E-state index in [-0.39, 0.29) is 18.4 Å². The molecule has 0 bridgehead atoms. The largest absolute Gasteiger partial charge is 0.387 e. The summed E-state index contributed by atoms with van der Waals surface area (Å²) in [5.74, 6) is 0.0747. The lowest BCUT2D eigenvalue weighted by molar-refractivity contribution is -0.131. The molecule has 1 aliphatic heterocycles. The van der Waals surface area contributed by atoms with Crippen molar-refractivity contribution in [2.75, 3.05) is 13.2 Å². The van der Waals surface area contributed by atoms with Crippen molar-refractivity contribution in [2.24, 2.45) is 5.92 Å². The summed E-state index contributed by atoms with van der Waals surface area (Å²) in [7, 11) is 0. The summed E-state index contributed by atoms with van der Waals surface area (Å²) in [6.45, 7) is 2.79. The Labute approximate surface area is 117 Å². The second kappa shape index (κ2) is 6.37. The number of carbonyl (C=O) groups excluding carboxylic acids is 1. The van der Waals surface area contributed by atoms with Crippen molar-refractivity contribution in [3.05, 3.63) is 34.9 Å². The van der Waals surface area contributed by atoms with Crippen LogP contribution in [0.15, 0.2) is 24.3 Å². The summed E-state index contributed by atoms with van der Waals surface area (Å²) < 4.78 is 5.37. The van der Waals surface area contributed by atoms with Gasteiger partial charge >= 0.3 is 0 Å². The van der Waals surface area contributed by atoms with Gasteiger partial charge in [-0.1, -0.05) is 30.7 Å². The second-order valence-electron chi connectivity index (χ2n) is 4.87. The summed E-state index contributed by atoms with van der Waals surface area (Å²) in [5, 5.41) is 13.3. The molecule has 19 heavy (non-hydrogen) atoms. The first-order valence-electron chi connectivity index (χ1n) is 6.41. The molecule has 0 radical (unpaired) electrons. The monoisotopic (exact) mass is 283 g/mol. The number of benzene rings is 1. The van der Waals surface area contributed by atoms with Gasteiger partial charge < -0.3 is 15.2 Å². The molecule has 1 amide bonds. The third kappa shape index (κ3) is 3.69. The first-order chi connectivity index (χ1) is 9.08. The van der Waals surface area contributed by atoms with Gasteiger partial charge in [-0.25, -0.2) is 0 Å². The van der Waals surface area contributed by atoms with Gasteiger partial charge in [0, 0.05) is 18.2 Å². The number of hydrogen-bond acceptors (Lipinski definition) is 3. The van der Waals surface area contributed by atoms with Crippen molar-refractivity contribution in [1.29, 1.82) is 0 Å². The van der Waals surface area contributed by atoms with Crippen LogP contribution >= 0.6 is 11.6 Å². The molecule has 1 aromatic rings. The van der Waals surface area contributed by atoms with E-state index in [2.05, 4.69) is 5.32 Å². The van der Waals surface area contributed by atoms with E-state index in [4.69, 9.17) is 16.3 Å². The highest BCUT2D eigenvalue weighted by molar-refractivity contribution is 6.30. The van der Waals surface area contributed by atoms with Gasteiger partial charge in [-0.15, -0.1) is 0 Å². The highest BCUT2D eigenvalue weighted by Crippen LogP contribution is 2.20. The van der Waals surface area contributed by atoms with Crippen LogP contribution in [-0.4, -0.2) is 30.3 Å². The zero-order chi connectivity index (χ0) is 13.8. The minimum atomic E-state index is -0.738. The number of hydrogen-bond donors (Lipinski definition) is 2. The highest BCUT2D eigenvalue weighted by atomic mass is 35.5. The number of carbonyl (C=O) groups is 1. The molecule has 2 rings (SSSR count). The van der Waals surface area contributed by atoms with Crippen molar-refractivity contribution < 1.29 is 14.6 Å². The Morgan fingerprint density at radius 1 is 1.53 bits per heavy atom. The number of aliphatic hydroxyl groups is 1. The molecule has 0 aromatic heterocycles. The predicted molar refractivity (Wildman–Crippen MR) is 72.9 cm³/mol. The van der Waals surface area contributed by atoms with Crippen LogP contribution in [0.3, 0.4) is 0 Å². The molecule has 4 nitrogen and oxygen atoms in total. The van der Waals surface area contributed by atoms with Crippen LogP contribution in [0.2, 0.25) is 5.02 Å². The normalized spacial score (nSPS) is 24.2. The van der Waals surface area contributed by atoms with Crippen molar-refractivity contribution >= 4 is 17.5 Å². The summed E-state index contributed by atoms with van der Waals surface area (Å²) >= 11 is 5.78. The Bertz CT molecular complexity index is 435. The third-order valence-corrected chi connectivity index (χ3v) is 3.62. The first-order valence-corrected chi connectivity index (χ1v) is 6.78. The van der Waals surface area contributed by atoms with Crippen molar-refractivity contribution in [3.8, 4) is 0 Å². The predicted octanol–water partition coefficient (Wildman–Crippen LogP) is 1.91. The molecule has 1 aliphatic rings. The number of rotatable bonds is 4. The Morgan fingerprint density at radius 2 is 2.21 bits per heavy atom. The third-order valence-electron chi connectivity index (χ3n) is 3.37. The molecule has 1 heterocycles. The Kier molecular flexibility index (Phi) is 4.80. The summed E-state index contributed by atoms with van der Waals surface area (Å²) in [5.41, 5.74) is 0.727. The first kappa shape index (κ1) is 14.3. The molecule has 0 saturated carbocycles. The summed E-state index contributed by atoms with van der Waals surface area (Å²) in [6, 6.07) is 6.91. The van der Waals surface area contributed by atoms with Gasteiger partial charge in [0.2, 0.25) is 5.91 Å². The van der Waals surface area contributed by atoms with E-state index in [0.717, 1.165) is 12.0 Å². The minimum Gasteiger partial charge on any atom is -0.387 e. The lowest BCUT2D eigenvalue weighted by Gasteiger charge is -2.17. The molecule has 1 saturated heterocycles. The SMILES string of the molecule is CC1CCOC1C(=O)NCC(O)c1ccc(Cl)cc1. The summed E-state index contributed by atoms with van der Waals surface area (Å²) in [4.78, 5) is 11.9. The Balaban J connectivity index is 1.84. The molecule has 0 spiro atoms. The van der Waals surface area contributed by atoms with E-state index in [1.54, 1.807) is 24.3 Å². The smallest absolute Gasteiger partial charge is 0.249 e. The Morgan fingerprint density at radius 3 is 2.79 bits per heavy atom. The molecule has 0 aliphatic carbocycles. The van der Waals surface area contributed by atoms with E-state index >= 15 is 0 Å². The quantitative estimate of drug-likeness (QED) is 0.887. The second-order valence-corrected chi connectivity index (χ2v) is 5.31. The molecular formula is C14H18ClNO3. The van der Waals surface area contributed by atoms with Gasteiger partial charge in [-0.05, 0) is 30.0 Å². The zero-order valence-corrected chi connectivity index (χ0v) is 11.6. The van der Waals surface area contributed by atoms with Crippen LogP contribution in [0.4, 0.5) is 0 Å². The fraction of sp³-hybridized carbons (Fsp3) is 0.500. The van der Waals surface area contributed by atoms with E-state index in [0.29, 0.717) is 11.6 Å². The van der Waals surface area contributed by atoms with Crippen LogP contribution in [0.5, 0.6) is 0 Å². The topological polar surface area (TPSA) is 58.6 Å². The van der Waals surface area contributed by atoms with E-state index in [9.17, 15) is 9.90 Å². The van der Waals surface area contributed by atoms with Gasteiger partial charge in [0.15, 0.2) is 0 Å². The standard InChI is InChI=1S/C14H18ClNO3/c1-9-6-7-19-13(9)14(18)16-8-12(17)10-2-4-11(15)5-3-10/h2-5,9,12-13,17H,6-8H2,1H3,(H,16,18). The van der Waals surface area contributed by atoms with Crippen LogP contribution in [0, 0.1) is 5.92 Å². The Hall–Kier alpha value is -1.10. The van der Waals surface area contributed by atoms with Gasteiger partial charge in [-0.2, -0.15) is 0 Å². The fourth-order valence-electron chi connectivity index (χ4n) is 2.13. The lowest BCUT2D eigenvalue weighted by atomic mass is 10.0. The molecule has 3 unspecified atom stereocenters. The van der Waals surface area contributed by atoms with Crippen molar-refractivity contribution in [2.45, 2.75) is 25.6 Å². The number of nitrogens with one attached hydrogen (secondary N) is 1. The molecule has 3 atom stereocenters. The van der Waals surface area contributed by atoms with Crippen molar-refractivity contribution in [1.82, 2.24) is 5.32 Å². The number of halogens is 1. The average Bonchev–Trinajstić information content (AvgIpc) is 2.83. The lowest BCUT2D eigenvalue weighted by Crippen LogP contribution is -2.39. The van der Waals surface area contributed by atoms with E-state index in [1.165, 1.54) is 0 Å². The van der Waals surface area contributed by atoms with E-state index < -0.39 is 12.2 Å². The number of amides is 1. The molecule has 1 aromatic carbocycles. The van der Waals surface area contributed by atoms with Gasteiger partial charge in [-0.3, -0.25) is 4.79 Å². The van der Waals surface area contributed by atoms with Crippen molar-refractivity contribution in [3.63, 3.8) is 0 Å². The maximum atomic E-state index is 11.9. The molecule has 2 N–H and O–H groups in total. The average molecular weight is 284 g/mol. The van der Waals surface area contributed by atoms with Gasteiger partial charge in [0.1, 0.15) is 6.10 Å². The van der Waals surface area contributed by atoms with Crippen LogP contribution < -0.4 is 5.32 Å². The minimum absolute atomic E-state index is 0.155. The van der Waals surface area contributed by atoms with E-state index in [1.807, 2.05) is 6.92 Å². The van der Waals surface area contributed by atoms with Crippen LogP contribution in [-0.2, 0) is 9.53 Å². The number of aliphatic hydroxyl groups excluding tert-OH is 1. The van der Waals surface area contributed by atoms with Crippen LogP contribution in [0.25, 0.3) is 0 Å². The molecular weight excluding hydrogens is 266 g/mol. The maximum absolute atomic E-state index is 11.9. The highest BCUT2D eigenvalue weighted by Gasteiger charge is 2.30. The number of ether oxygens (including phenoxy) is 1. The van der Waals surface area contributed by atoms with Crippen LogP contribution in [0.1, 0.15) is 25.0 Å². The maximum Gasteiger partial charge on any atom is 0.249 e. The summed E-state index contributed by atoms with van der Waals surface area (Å²) in [6.07, 6.45) is -0.229. The van der Waals surface area contributed by atoms with Gasteiger partial charge in [0.25, 0.3) is 0 Å². The molecule has 104 valence electrons. The molecule has 1 fully saturated rings. The zero-order valence-electron chi connectivity index (χ0n) is 10.8. The molecule has 5 heteroatoms. The van der Waals surface area contributed by atoms with Gasteiger partial charge in [0.05, 0.1) is 6.10 Å². The fourth-order valence-corrected chi connectivity index (χ4v) is 2.26.